The van der Waals surface area contributed by atoms with Gasteiger partial charge in [0.2, 0.25) is 0 Å². The highest BCUT2D eigenvalue weighted by atomic mass is 35.5. The van der Waals surface area contributed by atoms with E-state index in [-0.39, 0.29) is 0 Å². The quantitative estimate of drug-likeness (QED) is 0.770. The van der Waals surface area contributed by atoms with Crippen molar-refractivity contribution in [2.45, 2.75) is 12.8 Å². The summed E-state index contributed by atoms with van der Waals surface area (Å²) in [6.07, 6.45) is 3.71. The molecule has 0 unspecified atom stereocenters. The Morgan fingerprint density at radius 3 is 2.94 bits per heavy atom. The van der Waals surface area contributed by atoms with E-state index in [4.69, 9.17) is 21.1 Å². The molecule has 0 bridgehead atoms. The highest BCUT2D eigenvalue weighted by molar-refractivity contribution is 6.29. The van der Waals surface area contributed by atoms with Gasteiger partial charge < -0.3 is 9.47 Å². The molecule has 2 heterocycles. The van der Waals surface area contributed by atoms with Gasteiger partial charge >= 0.3 is 0 Å². The fraction of sp³-hybridized carbons (Fsp3) is 0.214. The molecule has 1 aromatic carbocycles. The van der Waals surface area contributed by atoms with Crippen molar-refractivity contribution in [3.05, 3.63) is 47.2 Å². The first-order valence-corrected chi connectivity index (χ1v) is 6.24. The van der Waals surface area contributed by atoms with Gasteiger partial charge in [0, 0.05) is 12.3 Å². The molecule has 0 spiro atoms. The SMILES string of the molecule is Clc1cc(Oc2ccc3c(c2)CCCO3)ccn1. The minimum atomic E-state index is 0.425. The molecule has 92 valence electrons. The largest absolute Gasteiger partial charge is 0.493 e. The van der Waals surface area contributed by atoms with Crippen LogP contribution in [0.1, 0.15) is 12.0 Å². The Labute approximate surface area is 110 Å². The van der Waals surface area contributed by atoms with Crippen molar-refractivity contribution in [3.8, 4) is 17.2 Å². The average molecular weight is 262 g/mol. The van der Waals surface area contributed by atoms with Gasteiger partial charge in [-0.05, 0) is 42.7 Å². The van der Waals surface area contributed by atoms with Crippen LogP contribution < -0.4 is 9.47 Å². The Kier molecular flexibility index (Phi) is 3.07. The Balaban J connectivity index is 1.85. The van der Waals surface area contributed by atoms with E-state index in [2.05, 4.69) is 4.98 Å². The minimum absolute atomic E-state index is 0.425. The van der Waals surface area contributed by atoms with E-state index < -0.39 is 0 Å². The van der Waals surface area contributed by atoms with Gasteiger partial charge in [0.15, 0.2) is 0 Å². The van der Waals surface area contributed by atoms with Crippen molar-refractivity contribution in [2.24, 2.45) is 0 Å². The van der Waals surface area contributed by atoms with E-state index in [0.29, 0.717) is 10.9 Å². The Hall–Kier alpha value is -1.74. The summed E-state index contributed by atoms with van der Waals surface area (Å²) in [7, 11) is 0. The number of rotatable bonds is 2. The van der Waals surface area contributed by atoms with Gasteiger partial charge in [-0.2, -0.15) is 0 Å². The molecule has 0 amide bonds. The Morgan fingerprint density at radius 1 is 1.17 bits per heavy atom. The molecule has 0 aliphatic carbocycles. The zero-order chi connectivity index (χ0) is 12.4. The standard InChI is InChI=1S/C14H12ClNO2/c15-14-9-12(5-6-16-14)18-11-3-4-13-10(8-11)2-1-7-17-13/h3-6,8-9H,1-2,7H2. The lowest BCUT2D eigenvalue weighted by Gasteiger charge is -2.17. The monoisotopic (exact) mass is 261 g/mol. The smallest absolute Gasteiger partial charge is 0.132 e. The molecule has 2 aromatic rings. The molecule has 4 heteroatoms. The lowest BCUT2D eigenvalue weighted by molar-refractivity contribution is 0.287. The number of hydrogen-bond acceptors (Lipinski definition) is 3. The molecule has 3 rings (SSSR count). The van der Waals surface area contributed by atoms with E-state index in [1.807, 2.05) is 18.2 Å². The van der Waals surface area contributed by atoms with Crippen LogP contribution in [0.5, 0.6) is 17.2 Å². The van der Waals surface area contributed by atoms with Gasteiger partial charge in [-0.15, -0.1) is 0 Å². The number of nitrogens with zero attached hydrogens (tertiary/aromatic N) is 1. The average Bonchev–Trinajstić information content (AvgIpc) is 2.39. The van der Waals surface area contributed by atoms with Crippen LogP contribution >= 0.6 is 11.6 Å². The van der Waals surface area contributed by atoms with E-state index in [0.717, 1.165) is 30.9 Å². The van der Waals surface area contributed by atoms with Crippen LogP contribution in [0, 0.1) is 0 Å². The highest BCUT2D eigenvalue weighted by Gasteiger charge is 2.11. The second-order valence-electron chi connectivity index (χ2n) is 4.14. The molecule has 0 saturated carbocycles. The zero-order valence-electron chi connectivity index (χ0n) is 9.73. The Morgan fingerprint density at radius 2 is 2.06 bits per heavy atom. The first-order valence-electron chi connectivity index (χ1n) is 5.86. The van der Waals surface area contributed by atoms with Gasteiger partial charge in [-0.3, -0.25) is 0 Å². The number of fused-ring (bicyclic) bond motifs is 1. The molecule has 0 N–H and O–H groups in total. The number of aryl methyl sites for hydroxylation is 1. The molecule has 1 aliphatic rings. The predicted molar refractivity (Wildman–Crippen MR) is 69.6 cm³/mol. The van der Waals surface area contributed by atoms with Crippen LogP contribution in [0.3, 0.4) is 0 Å². The van der Waals surface area contributed by atoms with Crippen LogP contribution in [-0.4, -0.2) is 11.6 Å². The third-order valence-corrected chi connectivity index (χ3v) is 3.02. The summed E-state index contributed by atoms with van der Waals surface area (Å²) in [5.41, 5.74) is 1.19. The molecule has 3 nitrogen and oxygen atoms in total. The van der Waals surface area contributed by atoms with Crippen LogP contribution in [0.4, 0.5) is 0 Å². The van der Waals surface area contributed by atoms with E-state index in [1.165, 1.54) is 5.56 Å². The second kappa shape index (κ2) is 4.86. The van der Waals surface area contributed by atoms with Crippen LogP contribution in [0.25, 0.3) is 0 Å². The van der Waals surface area contributed by atoms with E-state index in [1.54, 1.807) is 18.3 Å². The number of halogens is 1. The topological polar surface area (TPSA) is 31.4 Å². The molecule has 0 fully saturated rings. The number of aromatic nitrogens is 1. The van der Waals surface area contributed by atoms with Crippen LogP contribution in [-0.2, 0) is 6.42 Å². The maximum atomic E-state index is 5.82. The summed E-state index contributed by atoms with van der Waals surface area (Å²) in [4.78, 5) is 3.92. The molecular weight excluding hydrogens is 250 g/mol. The zero-order valence-corrected chi connectivity index (χ0v) is 10.5. The number of hydrogen-bond donors (Lipinski definition) is 0. The van der Waals surface area contributed by atoms with Crippen LogP contribution in [0.15, 0.2) is 36.5 Å². The highest BCUT2D eigenvalue weighted by Crippen LogP contribution is 2.31. The predicted octanol–water partition coefficient (Wildman–Crippen LogP) is 3.85. The van der Waals surface area contributed by atoms with Crippen molar-refractivity contribution in [3.63, 3.8) is 0 Å². The molecule has 0 saturated heterocycles. The van der Waals surface area contributed by atoms with E-state index in [9.17, 15) is 0 Å². The summed E-state index contributed by atoms with van der Waals surface area (Å²) in [5, 5.41) is 0.425. The third-order valence-electron chi connectivity index (χ3n) is 2.81. The van der Waals surface area contributed by atoms with Crippen molar-refractivity contribution in [1.29, 1.82) is 0 Å². The Bertz CT molecular complexity index is 571. The summed E-state index contributed by atoms with van der Waals surface area (Å²) >= 11 is 5.82. The van der Waals surface area contributed by atoms with Gasteiger partial charge in [0.25, 0.3) is 0 Å². The maximum Gasteiger partial charge on any atom is 0.132 e. The molecule has 18 heavy (non-hydrogen) atoms. The van der Waals surface area contributed by atoms with Crippen LogP contribution in [0.2, 0.25) is 5.15 Å². The van der Waals surface area contributed by atoms with Crippen molar-refractivity contribution < 1.29 is 9.47 Å². The fourth-order valence-electron chi connectivity index (χ4n) is 1.98. The lowest BCUT2D eigenvalue weighted by Crippen LogP contribution is -2.07. The normalized spacial score (nSPS) is 13.6. The van der Waals surface area contributed by atoms with Crippen molar-refractivity contribution in [1.82, 2.24) is 4.98 Å². The summed E-state index contributed by atoms with van der Waals surface area (Å²) in [6.45, 7) is 0.799. The molecule has 0 atom stereocenters. The molecule has 1 aliphatic heterocycles. The van der Waals surface area contributed by atoms with Gasteiger partial charge in [-0.25, -0.2) is 4.98 Å². The first-order chi connectivity index (χ1) is 8.81. The number of pyridine rings is 1. The molecular formula is C14H12ClNO2. The molecule has 0 radical (unpaired) electrons. The summed E-state index contributed by atoms with van der Waals surface area (Å²) in [6, 6.07) is 9.34. The first kappa shape index (κ1) is 11.4. The maximum absolute atomic E-state index is 5.82. The second-order valence-corrected chi connectivity index (χ2v) is 4.53. The number of ether oxygens (including phenoxy) is 2. The molecule has 1 aromatic heterocycles. The van der Waals surface area contributed by atoms with E-state index >= 15 is 0 Å². The van der Waals surface area contributed by atoms with Crippen molar-refractivity contribution >= 4 is 11.6 Å². The van der Waals surface area contributed by atoms with Crippen molar-refractivity contribution in [2.75, 3.05) is 6.61 Å². The minimum Gasteiger partial charge on any atom is -0.493 e. The fourth-order valence-corrected chi connectivity index (χ4v) is 2.15. The number of benzene rings is 1. The van der Waals surface area contributed by atoms with Gasteiger partial charge in [-0.1, -0.05) is 11.6 Å². The lowest BCUT2D eigenvalue weighted by atomic mass is 10.1. The third kappa shape index (κ3) is 2.41. The summed E-state index contributed by atoms with van der Waals surface area (Å²) < 4.78 is 11.3. The van der Waals surface area contributed by atoms with Gasteiger partial charge in [0.1, 0.15) is 22.4 Å². The van der Waals surface area contributed by atoms with Gasteiger partial charge in [0.05, 0.1) is 6.61 Å². The summed E-state index contributed by atoms with van der Waals surface area (Å²) in [5.74, 6) is 2.44.